The van der Waals surface area contributed by atoms with Gasteiger partial charge in [-0.15, -0.1) is 0 Å². The van der Waals surface area contributed by atoms with Crippen LogP contribution in [0.1, 0.15) is 88.9 Å². The number of allylic oxidation sites excluding steroid dienone is 1. The van der Waals surface area contributed by atoms with Crippen LogP contribution >= 0.6 is 0 Å². The van der Waals surface area contributed by atoms with Gasteiger partial charge in [-0.3, -0.25) is 23.9 Å². The van der Waals surface area contributed by atoms with Crippen LogP contribution in [0.15, 0.2) is 36.4 Å². The van der Waals surface area contributed by atoms with Crippen LogP contribution in [0.3, 0.4) is 0 Å². The standard InChI is InChI=1S/C35H50N6O8S/c1-34(2,3)49-33(46)37-27-12-10-8-6-7-9-11-23-20-35(23,32(45)39-50(47,48)26-17-18-26)38-30(43)28-19-24(21-41(28)31(27)44)36-29(42)22-13-15-25(16-14-22)40(4)5/h9,11,13-16,23-24,26-28H,6-8,10,12,17-21H2,1-5H3,(H,36,42)(H,37,46)(H,38,43)(H,39,45)/b11-9-/t23-,24+,27-,28-,35+/m0/s1. The quantitative estimate of drug-likeness (QED) is 0.308. The third kappa shape index (κ3) is 8.95. The Kier molecular flexibility index (Phi) is 10.8. The van der Waals surface area contributed by atoms with Gasteiger partial charge in [0.25, 0.3) is 11.8 Å². The Morgan fingerprint density at radius 2 is 1.70 bits per heavy atom. The number of anilines is 1. The fourth-order valence-electron chi connectivity index (χ4n) is 6.53. The third-order valence-corrected chi connectivity index (χ3v) is 11.4. The van der Waals surface area contributed by atoms with Gasteiger partial charge in [0.05, 0.1) is 5.25 Å². The summed E-state index contributed by atoms with van der Waals surface area (Å²) in [6, 6.07) is 4.24. The predicted octanol–water partition coefficient (Wildman–Crippen LogP) is 2.35. The fraction of sp³-hybridized carbons (Fsp3) is 0.629. The molecule has 0 bridgehead atoms. The lowest BCUT2D eigenvalue weighted by Crippen LogP contribution is -2.58. The van der Waals surface area contributed by atoms with Gasteiger partial charge in [-0.2, -0.15) is 0 Å². The first-order chi connectivity index (χ1) is 23.5. The molecule has 0 aromatic heterocycles. The highest BCUT2D eigenvalue weighted by Crippen LogP contribution is 2.46. The van der Waals surface area contributed by atoms with Gasteiger partial charge in [0.15, 0.2) is 0 Å². The normalized spacial score (nSPS) is 28.1. The summed E-state index contributed by atoms with van der Waals surface area (Å²) >= 11 is 0. The number of rotatable bonds is 7. The summed E-state index contributed by atoms with van der Waals surface area (Å²) in [5.41, 5.74) is -0.998. The van der Waals surface area contributed by atoms with E-state index in [1.54, 1.807) is 32.9 Å². The number of nitrogens with one attached hydrogen (secondary N) is 4. The van der Waals surface area contributed by atoms with E-state index >= 15 is 0 Å². The van der Waals surface area contributed by atoms with Crippen molar-refractivity contribution in [2.45, 2.75) is 113 Å². The van der Waals surface area contributed by atoms with Crippen molar-refractivity contribution in [2.75, 3.05) is 25.5 Å². The molecule has 5 amide bonds. The number of nitrogens with zero attached hydrogens (tertiary/aromatic N) is 2. The Labute approximate surface area is 294 Å². The van der Waals surface area contributed by atoms with Gasteiger partial charge in [-0.05, 0) is 90.0 Å². The van der Waals surface area contributed by atoms with Gasteiger partial charge < -0.3 is 30.5 Å². The molecule has 1 saturated heterocycles. The molecular formula is C35H50N6O8S. The van der Waals surface area contributed by atoms with E-state index in [0.29, 0.717) is 37.7 Å². The SMILES string of the molecule is CN(C)c1ccc(C(=O)N[C@@H]2C[C@H]3C(=O)N[C@]4(C(=O)NS(=O)(=O)C5CC5)C[C@@H]4/C=C\CCCCC[C@H](NC(=O)OC(C)(C)C)C(=O)N3C2)cc1. The Morgan fingerprint density at radius 1 is 1.00 bits per heavy atom. The molecule has 1 aromatic rings. The Hall–Kier alpha value is -4.14. The van der Waals surface area contributed by atoms with Crippen LogP contribution in [0.2, 0.25) is 0 Å². The number of carbonyl (C=O) groups excluding carboxylic acids is 5. The molecule has 0 spiro atoms. The highest BCUT2D eigenvalue weighted by molar-refractivity contribution is 7.91. The average Bonchev–Trinajstić information content (AvgIpc) is 3.95. The summed E-state index contributed by atoms with van der Waals surface area (Å²) in [5.74, 6) is -2.78. The van der Waals surface area contributed by atoms with E-state index in [4.69, 9.17) is 4.74 Å². The topological polar surface area (TPSA) is 183 Å². The van der Waals surface area contributed by atoms with E-state index < -0.39 is 74.3 Å². The van der Waals surface area contributed by atoms with E-state index in [2.05, 4.69) is 20.7 Å². The van der Waals surface area contributed by atoms with Crippen molar-refractivity contribution >= 4 is 45.4 Å². The molecule has 4 N–H and O–H groups in total. The number of amides is 5. The van der Waals surface area contributed by atoms with Gasteiger partial charge in [0.1, 0.15) is 23.2 Å². The van der Waals surface area contributed by atoms with Crippen LogP contribution < -0.4 is 25.6 Å². The Balaban J connectivity index is 1.42. The molecule has 15 heteroatoms. The Bertz CT molecular complexity index is 1620. The van der Waals surface area contributed by atoms with E-state index in [1.165, 1.54) is 4.90 Å². The minimum absolute atomic E-state index is 0.0243. The van der Waals surface area contributed by atoms with Crippen LogP contribution in [-0.2, 0) is 29.1 Å². The largest absolute Gasteiger partial charge is 0.444 e. The predicted molar refractivity (Wildman–Crippen MR) is 187 cm³/mol. The summed E-state index contributed by atoms with van der Waals surface area (Å²) in [4.78, 5) is 71.5. The number of carbonyl (C=O) groups is 5. The zero-order valence-electron chi connectivity index (χ0n) is 29.5. The molecule has 0 radical (unpaired) electrons. The van der Waals surface area contributed by atoms with Crippen molar-refractivity contribution in [1.82, 2.24) is 25.6 Å². The summed E-state index contributed by atoms with van der Waals surface area (Å²) in [6.45, 7) is 5.12. The second-order valence-electron chi connectivity index (χ2n) is 15.1. The molecule has 50 heavy (non-hydrogen) atoms. The maximum Gasteiger partial charge on any atom is 0.408 e. The highest BCUT2D eigenvalue weighted by atomic mass is 32.2. The number of alkyl carbamates (subject to hydrolysis) is 1. The second kappa shape index (κ2) is 14.6. The van der Waals surface area contributed by atoms with Gasteiger partial charge in [0.2, 0.25) is 21.8 Å². The first-order valence-corrected chi connectivity index (χ1v) is 19.0. The van der Waals surface area contributed by atoms with Crippen molar-refractivity contribution in [3.05, 3.63) is 42.0 Å². The molecule has 2 heterocycles. The minimum Gasteiger partial charge on any atom is -0.444 e. The summed E-state index contributed by atoms with van der Waals surface area (Å²) in [7, 11) is -0.106. The van der Waals surface area contributed by atoms with Gasteiger partial charge in [-0.1, -0.05) is 25.0 Å². The molecule has 274 valence electrons. The van der Waals surface area contributed by atoms with Crippen molar-refractivity contribution in [3.63, 3.8) is 0 Å². The average molecular weight is 715 g/mol. The van der Waals surface area contributed by atoms with Crippen LogP contribution in [0.5, 0.6) is 0 Å². The lowest BCUT2D eigenvalue weighted by atomic mass is 10.0. The lowest BCUT2D eigenvalue weighted by Gasteiger charge is -2.30. The highest BCUT2D eigenvalue weighted by Gasteiger charge is 2.62. The fourth-order valence-corrected chi connectivity index (χ4v) is 7.90. The van der Waals surface area contributed by atoms with Crippen molar-refractivity contribution in [1.29, 1.82) is 0 Å². The smallest absolute Gasteiger partial charge is 0.408 e. The second-order valence-corrected chi connectivity index (χ2v) is 17.0. The zero-order chi connectivity index (χ0) is 36.4. The molecule has 2 saturated carbocycles. The molecule has 2 aliphatic heterocycles. The molecule has 2 aliphatic carbocycles. The van der Waals surface area contributed by atoms with Crippen LogP contribution in [0.4, 0.5) is 10.5 Å². The molecule has 5 atom stereocenters. The number of benzene rings is 1. The number of sulfonamides is 1. The molecule has 5 rings (SSSR count). The van der Waals surface area contributed by atoms with Crippen molar-refractivity contribution in [3.8, 4) is 0 Å². The van der Waals surface area contributed by atoms with Crippen molar-refractivity contribution < 1.29 is 37.1 Å². The first kappa shape index (κ1) is 37.1. The van der Waals surface area contributed by atoms with Gasteiger partial charge in [0, 0.05) is 43.9 Å². The maximum atomic E-state index is 14.3. The first-order valence-electron chi connectivity index (χ1n) is 17.4. The van der Waals surface area contributed by atoms with Crippen molar-refractivity contribution in [2.24, 2.45) is 5.92 Å². The number of hydrogen-bond donors (Lipinski definition) is 4. The monoisotopic (exact) mass is 714 g/mol. The summed E-state index contributed by atoms with van der Waals surface area (Å²) < 4.78 is 33.1. The van der Waals surface area contributed by atoms with Gasteiger partial charge >= 0.3 is 6.09 Å². The van der Waals surface area contributed by atoms with E-state index in [-0.39, 0.29) is 25.3 Å². The van der Waals surface area contributed by atoms with Crippen LogP contribution in [-0.4, -0.2) is 98.2 Å². The summed E-state index contributed by atoms with van der Waals surface area (Å²) in [6.07, 6.45) is 7.33. The molecule has 4 aliphatic rings. The minimum atomic E-state index is -3.89. The van der Waals surface area contributed by atoms with Crippen LogP contribution in [0.25, 0.3) is 0 Å². The molecular weight excluding hydrogens is 664 g/mol. The Morgan fingerprint density at radius 3 is 2.34 bits per heavy atom. The lowest BCUT2D eigenvalue weighted by molar-refractivity contribution is -0.141. The van der Waals surface area contributed by atoms with Gasteiger partial charge in [-0.25, -0.2) is 13.2 Å². The third-order valence-electron chi connectivity index (χ3n) is 9.55. The van der Waals surface area contributed by atoms with E-state index in [0.717, 1.165) is 18.5 Å². The number of ether oxygens (including phenoxy) is 1. The van der Waals surface area contributed by atoms with E-state index in [9.17, 15) is 32.4 Å². The molecule has 0 unspecified atom stereocenters. The number of hydrogen-bond acceptors (Lipinski definition) is 9. The maximum absolute atomic E-state index is 14.3. The summed E-state index contributed by atoms with van der Waals surface area (Å²) in [5, 5.41) is 7.85. The molecule has 1 aromatic carbocycles. The molecule has 3 fully saturated rings. The van der Waals surface area contributed by atoms with E-state index in [1.807, 2.05) is 43.3 Å². The zero-order valence-corrected chi connectivity index (χ0v) is 30.3. The molecule has 14 nitrogen and oxygen atoms in total. The van der Waals surface area contributed by atoms with Crippen LogP contribution in [0, 0.1) is 5.92 Å². The number of fused-ring (bicyclic) bond motifs is 2.